The first-order valence-electron chi connectivity index (χ1n) is 8.94. The molecule has 1 heteroatoms. The molecule has 132 valence electrons. The summed E-state index contributed by atoms with van der Waals surface area (Å²) in [5, 5.41) is 8.98. The molecule has 1 nitrogen and oxygen atoms in total. The molecule has 24 heavy (non-hydrogen) atoms. The molecule has 0 saturated carbocycles. The Hall–Kier alpha value is -1.60. The van der Waals surface area contributed by atoms with Crippen LogP contribution in [0.5, 0.6) is 0 Å². The van der Waals surface area contributed by atoms with Crippen molar-refractivity contribution in [2.24, 2.45) is 5.41 Å². The van der Waals surface area contributed by atoms with Crippen LogP contribution in [0.2, 0.25) is 0 Å². The molecule has 1 aliphatic rings. The normalized spacial score (nSPS) is 20.5. The van der Waals surface area contributed by atoms with Gasteiger partial charge in [-0.25, -0.2) is 0 Å². The van der Waals surface area contributed by atoms with Gasteiger partial charge in [-0.15, -0.1) is 0 Å². The molecule has 1 rings (SSSR count). The van der Waals surface area contributed by atoms with Crippen molar-refractivity contribution in [3.8, 4) is 0 Å². The van der Waals surface area contributed by atoms with E-state index >= 15 is 0 Å². The van der Waals surface area contributed by atoms with Gasteiger partial charge in [0.25, 0.3) is 0 Å². The average molecular weight is 327 g/mol. The van der Waals surface area contributed by atoms with Crippen LogP contribution in [0.25, 0.3) is 0 Å². The molecule has 0 aliphatic heterocycles. The molecule has 0 atom stereocenters. The van der Waals surface area contributed by atoms with E-state index in [4.69, 9.17) is 5.11 Å². The lowest BCUT2D eigenvalue weighted by molar-refractivity contribution is 0.331. The van der Waals surface area contributed by atoms with Crippen LogP contribution in [0, 0.1) is 5.41 Å². The summed E-state index contributed by atoms with van der Waals surface area (Å²) in [6.45, 7) is 13.2. The van der Waals surface area contributed by atoms with E-state index < -0.39 is 0 Å². The van der Waals surface area contributed by atoms with Crippen LogP contribution in [0.1, 0.15) is 60.8 Å². The molecule has 0 heterocycles. The minimum atomic E-state index is 0.114. The zero-order chi connectivity index (χ0) is 18.2. The Morgan fingerprint density at radius 3 is 2.33 bits per heavy atom. The Morgan fingerprint density at radius 2 is 1.71 bits per heavy atom. The number of aliphatic hydroxyl groups excluding tert-OH is 1. The zero-order valence-electron chi connectivity index (χ0n) is 16.3. The van der Waals surface area contributed by atoms with Crippen molar-refractivity contribution in [2.75, 3.05) is 6.61 Å². The van der Waals surface area contributed by atoms with Crippen molar-refractivity contribution < 1.29 is 5.11 Å². The van der Waals surface area contributed by atoms with Gasteiger partial charge >= 0.3 is 0 Å². The molecule has 0 aromatic heterocycles. The molecular weight excluding hydrogens is 292 g/mol. The molecule has 0 bridgehead atoms. The third-order valence-electron chi connectivity index (χ3n) is 4.65. The minimum absolute atomic E-state index is 0.114. The fourth-order valence-corrected chi connectivity index (χ4v) is 3.01. The van der Waals surface area contributed by atoms with Crippen molar-refractivity contribution in [3.63, 3.8) is 0 Å². The predicted octanol–water partition coefficient (Wildman–Crippen LogP) is 6.46. The molecular formula is C23H34O. The summed E-state index contributed by atoms with van der Waals surface area (Å²) in [5.41, 5.74) is 6.73. The molecule has 0 radical (unpaired) electrons. The summed E-state index contributed by atoms with van der Waals surface area (Å²) in [5.74, 6) is 0. The van der Waals surface area contributed by atoms with Crippen molar-refractivity contribution in [3.05, 3.63) is 70.4 Å². The number of hydrogen-bond donors (Lipinski definition) is 1. The Balaban J connectivity index is 2.75. The first-order valence-corrected chi connectivity index (χ1v) is 8.94. The zero-order valence-corrected chi connectivity index (χ0v) is 16.3. The molecule has 0 saturated heterocycles. The molecule has 0 amide bonds. The molecule has 0 aromatic rings. The minimum Gasteiger partial charge on any atom is -0.392 e. The quantitative estimate of drug-likeness (QED) is 0.556. The fraction of sp³-hybridized carbons (Fsp3) is 0.478. The summed E-state index contributed by atoms with van der Waals surface area (Å²) < 4.78 is 0. The average Bonchev–Trinajstić information content (AvgIpc) is 2.51. The molecule has 0 spiro atoms. The molecule has 0 aromatic carbocycles. The number of aliphatic hydroxyl groups is 1. The maximum Gasteiger partial charge on any atom is 0.0642 e. The van der Waals surface area contributed by atoms with Crippen LogP contribution in [0.4, 0.5) is 0 Å². The summed E-state index contributed by atoms with van der Waals surface area (Å²) >= 11 is 0. The van der Waals surface area contributed by atoms with E-state index in [1.807, 2.05) is 19.1 Å². The van der Waals surface area contributed by atoms with E-state index in [1.165, 1.54) is 41.6 Å². The Bertz CT molecular complexity index is 604. The first-order chi connectivity index (χ1) is 11.3. The van der Waals surface area contributed by atoms with Crippen LogP contribution in [0.15, 0.2) is 70.4 Å². The Kier molecular flexibility index (Phi) is 8.21. The summed E-state index contributed by atoms with van der Waals surface area (Å²) in [6.07, 6.45) is 18.7. The van der Waals surface area contributed by atoms with Gasteiger partial charge in [-0.1, -0.05) is 73.1 Å². The van der Waals surface area contributed by atoms with Gasteiger partial charge in [0.2, 0.25) is 0 Å². The van der Waals surface area contributed by atoms with Crippen molar-refractivity contribution in [2.45, 2.75) is 60.8 Å². The molecule has 0 unspecified atom stereocenters. The van der Waals surface area contributed by atoms with Crippen LogP contribution in [-0.2, 0) is 0 Å². The maximum absolute atomic E-state index is 8.98. The lowest BCUT2D eigenvalue weighted by Crippen LogP contribution is -2.19. The second kappa shape index (κ2) is 9.64. The lowest BCUT2D eigenvalue weighted by atomic mass is 9.72. The van der Waals surface area contributed by atoms with Crippen LogP contribution in [-0.4, -0.2) is 11.7 Å². The SMILES string of the molecule is CC1=C(/C=C/C(C)=C/C=C/C(C)=C/C=C(\C)CO)C(C)(C)CCC1. The number of allylic oxidation sites excluding steroid dienone is 11. The standard InChI is InChI=1S/C23H34O/c1-18(12-13-20(3)17-24)9-7-10-19(2)14-15-22-21(4)11-8-16-23(22,5)6/h7,9-10,12-15,24H,8,11,16-17H2,1-6H3/b9-7+,15-14+,18-12+,19-10+,20-13+. The number of hydrogen-bond acceptors (Lipinski definition) is 1. The van der Waals surface area contributed by atoms with Gasteiger partial charge < -0.3 is 5.11 Å². The van der Waals surface area contributed by atoms with Crippen molar-refractivity contribution in [1.29, 1.82) is 0 Å². The number of rotatable bonds is 6. The smallest absolute Gasteiger partial charge is 0.0642 e. The molecule has 1 aliphatic carbocycles. The monoisotopic (exact) mass is 326 g/mol. The Morgan fingerprint density at radius 1 is 1.04 bits per heavy atom. The highest BCUT2D eigenvalue weighted by Crippen LogP contribution is 2.40. The lowest BCUT2D eigenvalue weighted by Gasteiger charge is -2.32. The Labute approximate surface area is 148 Å². The fourth-order valence-electron chi connectivity index (χ4n) is 3.01. The van der Waals surface area contributed by atoms with Crippen LogP contribution >= 0.6 is 0 Å². The van der Waals surface area contributed by atoms with Crippen molar-refractivity contribution in [1.82, 2.24) is 0 Å². The van der Waals surface area contributed by atoms with Gasteiger partial charge in [0.1, 0.15) is 0 Å². The second-order valence-corrected chi connectivity index (χ2v) is 7.62. The van der Waals surface area contributed by atoms with Gasteiger partial charge in [0.15, 0.2) is 0 Å². The molecule has 1 N–H and O–H groups in total. The predicted molar refractivity (Wildman–Crippen MR) is 107 cm³/mol. The summed E-state index contributed by atoms with van der Waals surface area (Å²) in [6, 6.07) is 0. The topological polar surface area (TPSA) is 20.2 Å². The van der Waals surface area contributed by atoms with Gasteiger partial charge in [-0.2, -0.15) is 0 Å². The maximum atomic E-state index is 8.98. The highest BCUT2D eigenvalue weighted by molar-refractivity contribution is 5.37. The van der Waals surface area contributed by atoms with E-state index in [9.17, 15) is 0 Å². The summed E-state index contributed by atoms with van der Waals surface area (Å²) in [4.78, 5) is 0. The van der Waals surface area contributed by atoms with E-state index in [1.54, 1.807) is 0 Å². The van der Waals surface area contributed by atoms with Crippen molar-refractivity contribution >= 4 is 0 Å². The van der Waals surface area contributed by atoms with Gasteiger partial charge in [0, 0.05) is 0 Å². The third kappa shape index (κ3) is 6.88. The summed E-state index contributed by atoms with van der Waals surface area (Å²) in [7, 11) is 0. The van der Waals surface area contributed by atoms with Crippen LogP contribution < -0.4 is 0 Å². The van der Waals surface area contributed by atoms with Gasteiger partial charge in [-0.05, 0) is 63.5 Å². The van der Waals surface area contributed by atoms with E-state index in [-0.39, 0.29) is 6.61 Å². The van der Waals surface area contributed by atoms with E-state index in [0.29, 0.717) is 5.41 Å². The second-order valence-electron chi connectivity index (χ2n) is 7.62. The van der Waals surface area contributed by atoms with Crippen LogP contribution in [0.3, 0.4) is 0 Å². The van der Waals surface area contributed by atoms with Gasteiger partial charge in [-0.3, -0.25) is 0 Å². The largest absolute Gasteiger partial charge is 0.392 e. The highest BCUT2D eigenvalue weighted by Gasteiger charge is 2.26. The van der Waals surface area contributed by atoms with Gasteiger partial charge in [0.05, 0.1) is 6.61 Å². The highest BCUT2D eigenvalue weighted by atomic mass is 16.3. The molecule has 0 fully saturated rings. The first kappa shape index (κ1) is 20.4. The van der Waals surface area contributed by atoms with E-state index in [2.05, 4.69) is 65.0 Å². The van der Waals surface area contributed by atoms with E-state index in [0.717, 1.165) is 5.57 Å². The third-order valence-corrected chi connectivity index (χ3v) is 4.65.